The molecule has 1 atom stereocenters. The molecule has 1 unspecified atom stereocenters. The number of halogens is 5. The Bertz CT molecular complexity index is 1710. The van der Waals surface area contributed by atoms with Gasteiger partial charge >= 0.3 is 12.1 Å². The molecule has 3 aromatic carbocycles. The fraction of sp³-hybridized carbons (Fsp3) is 0.382. The van der Waals surface area contributed by atoms with Gasteiger partial charge in [-0.1, -0.05) is 40.2 Å². The lowest BCUT2D eigenvalue weighted by Gasteiger charge is -2.39. The molecule has 0 saturated carbocycles. The number of nitrogens with zero attached hydrogens (tertiary/aromatic N) is 2. The van der Waals surface area contributed by atoms with E-state index in [1.165, 1.54) is 37.1 Å². The third kappa shape index (κ3) is 7.52. The number of aromatic nitrogens is 1. The highest BCUT2D eigenvalue weighted by molar-refractivity contribution is 9.10. The largest absolute Gasteiger partial charge is 0.493 e. The SMILES string of the molecule is COc1cc(CCC(=O)O)cc(OC)c1OC1CCN(CC(O)(c2cn(Cc3ccccc3F)c3cc(Br)ccc23)C(F)(F)F)CC1. The summed E-state index contributed by atoms with van der Waals surface area (Å²) in [4.78, 5) is 12.6. The summed E-state index contributed by atoms with van der Waals surface area (Å²) in [6.45, 7) is -0.305. The molecular formula is C34H35BrF4N2O6. The van der Waals surface area contributed by atoms with Gasteiger partial charge in [-0.3, -0.25) is 9.69 Å². The van der Waals surface area contributed by atoms with E-state index in [-0.39, 0.29) is 49.5 Å². The zero-order valence-corrected chi connectivity index (χ0v) is 27.4. The zero-order chi connectivity index (χ0) is 33.9. The number of aryl methyl sites for hydroxylation is 1. The molecule has 0 radical (unpaired) electrons. The van der Waals surface area contributed by atoms with E-state index in [0.29, 0.717) is 51.2 Å². The van der Waals surface area contributed by atoms with E-state index in [1.54, 1.807) is 47.4 Å². The molecule has 1 aliphatic heterocycles. The summed E-state index contributed by atoms with van der Waals surface area (Å²) in [5.41, 5.74) is -2.11. The van der Waals surface area contributed by atoms with Gasteiger partial charge in [0.15, 0.2) is 11.5 Å². The average Bonchev–Trinajstić information content (AvgIpc) is 3.39. The second-order valence-electron chi connectivity index (χ2n) is 11.6. The number of hydrogen-bond acceptors (Lipinski definition) is 6. The number of benzene rings is 3. The summed E-state index contributed by atoms with van der Waals surface area (Å²) >= 11 is 3.38. The number of fused-ring (bicyclic) bond motifs is 1. The average molecular weight is 724 g/mol. The molecule has 5 rings (SSSR count). The fourth-order valence-electron chi connectivity index (χ4n) is 5.98. The minimum Gasteiger partial charge on any atom is -0.493 e. The summed E-state index contributed by atoms with van der Waals surface area (Å²) in [6.07, 6.45) is -3.20. The highest BCUT2D eigenvalue weighted by Crippen LogP contribution is 2.45. The van der Waals surface area contributed by atoms with Crippen LogP contribution in [-0.4, -0.2) is 71.8 Å². The predicted octanol–water partition coefficient (Wildman–Crippen LogP) is 6.92. The molecule has 0 spiro atoms. The van der Waals surface area contributed by atoms with Gasteiger partial charge in [-0.25, -0.2) is 4.39 Å². The Kier molecular flexibility index (Phi) is 10.4. The molecule has 47 heavy (non-hydrogen) atoms. The Balaban J connectivity index is 1.36. The molecule has 0 aliphatic carbocycles. The smallest absolute Gasteiger partial charge is 0.422 e. The summed E-state index contributed by atoms with van der Waals surface area (Å²) in [6, 6.07) is 14.2. The zero-order valence-electron chi connectivity index (χ0n) is 25.8. The molecule has 2 N–H and O–H groups in total. The topological polar surface area (TPSA) is 93.4 Å². The lowest BCUT2D eigenvalue weighted by molar-refractivity contribution is -0.272. The Morgan fingerprint density at radius 1 is 1.02 bits per heavy atom. The number of ether oxygens (including phenoxy) is 3. The van der Waals surface area contributed by atoms with Crippen LogP contribution in [0.2, 0.25) is 0 Å². The number of piperidine rings is 1. The number of rotatable bonds is 12. The van der Waals surface area contributed by atoms with Crippen LogP contribution < -0.4 is 14.2 Å². The Labute approximate surface area is 277 Å². The number of methoxy groups -OCH3 is 2. The van der Waals surface area contributed by atoms with Crippen LogP contribution >= 0.6 is 15.9 Å². The van der Waals surface area contributed by atoms with Crippen molar-refractivity contribution in [3.05, 3.63) is 87.8 Å². The van der Waals surface area contributed by atoms with Gasteiger partial charge in [-0.05, 0) is 55.2 Å². The second-order valence-corrected chi connectivity index (χ2v) is 12.5. The van der Waals surface area contributed by atoms with E-state index in [2.05, 4.69) is 15.9 Å². The van der Waals surface area contributed by atoms with Crippen molar-refractivity contribution in [2.24, 2.45) is 0 Å². The summed E-state index contributed by atoms with van der Waals surface area (Å²) in [5.74, 6) is -0.373. The van der Waals surface area contributed by atoms with Crippen molar-refractivity contribution in [2.75, 3.05) is 33.9 Å². The second kappa shape index (κ2) is 14.1. The molecule has 2 heterocycles. The van der Waals surface area contributed by atoms with Crippen molar-refractivity contribution in [1.82, 2.24) is 9.47 Å². The molecule has 1 fully saturated rings. The van der Waals surface area contributed by atoms with Crippen LogP contribution in [0.15, 0.2) is 65.3 Å². The Morgan fingerprint density at radius 3 is 2.28 bits per heavy atom. The maximum Gasteiger partial charge on any atom is 0.422 e. The minimum absolute atomic E-state index is 0.0240. The van der Waals surface area contributed by atoms with Crippen molar-refractivity contribution in [3.8, 4) is 17.2 Å². The Hall–Kier alpha value is -3.81. The van der Waals surface area contributed by atoms with Crippen molar-refractivity contribution in [2.45, 2.75) is 50.1 Å². The number of β-amino-alcohol motifs (C(OH)–C–C–N with tert-alkyl or cyclic N) is 1. The number of carboxylic acid groups (broad SMARTS) is 1. The number of carbonyl (C=O) groups is 1. The van der Waals surface area contributed by atoms with E-state index in [9.17, 15) is 27.5 Å². The van der Waals surface area contributed by atoms with Gasteiger partial charge in [-0.15, -0.1) is 0 Å². The lowest BCUT2D eigenvalue weighted by atomic mass is 9.91. The first-order chi connectivity index (χ1) is 22.3. The van der Waals surface area contributed by atoms with E-state index in [4.69, 9.17) is 19.3 Å². The van der Waals surface area contributed by atoms with Crippen molar-refractivity contribution < 1.29 is 46.8 Å². The maximum atomic E-state index is 14.9. The lowest BCUT2D eigenvalue weighted by Crippen LogP contribution is -2.53. The molecule has 8 nitrogen and oxygen atoms in total. The van der Waals surface area contributed by atoms with Crippen molar-refractivity contribution in [3.63, 3.8) is 0 Å². The van der Waals surface area contributed by atoms with Crippen LogP contribution in [-0.2, 0) is 23.4 Å². The van der Waals surface area contributed by atoms with Gasteiger partial charge in [-0.2, -0.15) is 13.2 Å². The highest BCUT2D eigenvalue weighted by Gasteiger charge is 2.57. The standard InChI is InChI=1S/C34H35BrF4N2O6/c1-45-29-15-21(7-10-31(42)43)16-30(46-2)32(29)47-24-11-13-40(14-12-24)20-33(44,34(37,38)39)26-19-41(18-22-5-3-4-6-27(22)36)28-17-23(35)8-9-25(26)28/h3-6,8-9,15-17,19,24,44H,7,10-14,18,20H2,1-2H3,(H,42,43). The van der Waals surface area contributed by atoms with Crippen LogP contribution in [0.4, 0.5) is 17.6 Å². The third-order valence-electron chi connectivity index (χ3n) is 8.48. The summed E-state index contributed by atoms with van der Waals surface area (Å²) in [7, 11) is 2.91. The fourth-order valence-corrected chi connectivity index (χ4v) is 6.33. The van der Waals surface area contributed by atoms with Crippen LogP contribution in [0.25, 0.3) is 10.9 Å². The number of likely N-dealkylation sites (tertiary alicyclic amines) is 1. The molecule has 0 amide bonds. The third-order valence-corrected chi connectivity index (χ3v) is 8.97. The number of aliphatic hydroxyl groups is 1. The number of aliphatic carboxylic acids is 1. The van der Waals surface area contributed by atoms with E-state index >= 15 is 0 Å². The van der Waals surface area contributed by atoms with Crippen molar-refractivity contribution in [1.29, 1.82) is 0 Å². The Morgan fingerprint density at radius 2 is 1.68 bits per heavy atom. The summed E-state index contributed by atoms with van der Waals surface area (Å²) in [5, 5.41) is 20.8. The predicted molar refractivity (Wildman–Crippen MR) is 171 cm³/mol. The number of carboxylic acids is 1. The van der Waals surface area contributed by atoms with Crippen molar-refractivity contribution >= 4 is 32.8 Å². The van der Waals surface area contributed by atoms with Crippen LogP contribution in [0.1, 0.15) is 36.0 Å². The normalized spacial score (nSPS) is 15.8. The maximum absolute atomic E-state index is 14.9. The first-order valence-electron chi connectivity index (χ1n) is 15.0. The summed E-state index contributed by atoms with van der Waals surface area (Å²) < 4.78 is 78.5. The van der Waals surface area contributed by atoms with Gasteiger partial charge in [0, 0.05) is 58.8 Å². The minimum atomic E-state index is -5.02. The molecular weight excluding hydrogens is 688 g/mol. The van der Waals surface area contributed by atoms with Crippen LogP contribution in [0.3, 0.4) is 0 Å². The van der Waals surface area contributed by atoms with Crippen LogP contribution in [0.5, 0.6) is 17.2 Å². The number of alkyl halides is 3. The molecule has 1 aromatic heterocycles. The first kappa shape index (κ1) is 34.5. The van der Waals surface area contributed by atoms with Gasteiger partial charge in [0.25, 0.3) is 0 Å². The molecule has 4 aromatic rings. The molecule has 1 saturated heterocycles. The molecule has 13 heteroatoms. The highest BCUT2D eigenvalue weighted by atomic mass is 79.9. The van der Waals surface area contributed by atoms with Gasteiger partial charge in [0.2, 0.25) is 11.4 Å². The molecule has 0 bridgehead atoms. The number of hydrogen-bond donors (Lipinski definition) is 2. The molecule has 252 valence electrons. The quantitative estimate of drug-likeness (QED) is 0.154. The van der Waals surface area contributed by atoms with E-state index < -0.39 is 30.1 Å². The van der Waals surface area contributed by atoms with E-state index in [0.717, 1.165) is 0 Å². The van der Waals surface area contributed by atoms with Gasteiger partial charge in [0.05, 0.1) is 20.8 Å². The van der Waals surface area contributed by atoms with Crippen LogP contribution in [0, 0.1) is 5.82 Å². The van der Waals surface area contributed by atoms with Gasteiger partial charge in [0.1, 0.15) is 11.9 Å². The monoisotopic (exact) mass is 722 g/mol. The van der Waals surface area contributed by atoms with E-state index in [1.807, 2.05) is 0 Å². The molecule has 1 aliphatic rings. The first-order valence-corrected chi connectivity index (χ1v) is 15.8. The van der Waals surface area contributed by atoms with Gasteiger partial charge < -0.3 is 29.0 Å².